The van der Waals surface area contributed by atoms with Crippen molar-refractivity contribution in [1.82, 2.24) is 5.16 Å². The molecule has 0 saturated carbocycles. The number of anilines is 1. The van der Waals surface area contributed by atoms with Gasteiger partial charge < -0.3 is 14.2 Å². The Labute approximate surface area is 163 Å². The fourth-order valence-corrected chi connectivity index (χ4v) is 3.23. The molecule has 0 radical (unpaired) electrons. The Morgan fingerprint density at radius 1 is 1.21 bits per heavy atom. The number of aromatic nitrogens is 1. The standard InChI is InChI=1S/C21H25F3N2O2/c1-15-16(2)25-28-20(15)26-10-7-17(8-11-26)13-18-5-3-6-19(14-18)27-12-4-9-21(22,23)24/h3,5-6,13-14H,4,7-12H2,1-2H3. The maximum atomic E-state index is 12.2. The van der Waals surface area contributed by atoms with Crippen molar-refractivity contribution in [3.05, 3.63) is 46.7 Å². The average Bonchev–Trinajstić information content (AvgIpc) is 2.98. The van der Waals surface area contributed by atoms with Crippen LogP contribution in [0, 0.1) is 13.8 Å². The van der Waals surface area contributed by atoms with Gasteiger partial charge in [-0.2, -0.15) is 13.2 Å². The quantitative estimate of drug-likeness (QED) is 0.590. The maximum Gasteiger partial charge on any atom is 0.389 e. The normalized spacial score (nSPS) is 15.0. The molecule has 0 aliphatic carbocycles. The summed E-state index contributed by atoms with van der Waals surface area (Å²) in [5, 5.41) is 4.02. The summed E-state index contributed by atoms with van der Waals surface area (Å²) in [5.41, 5.74) is 4.34. The van der Waals surface area contributed by atoms with Crippen molar-refractivity contribution >= 4 is 12.0 Å². The lowest BCUT2D eigenvalue weighted by atomic mass is 10.0. The van der Waals surface area contributed by atoms with E-state index >= 15 is 0 Å². The largest absolute Gasteiger partial charge is 0.494 e. The van der Waals surface area contributed by atoms with E-state index in [1.807, 2.05) is 32.0 Å². The molecule has 1 aliphatic rings. The van der Waals surface area contributed by atoms with E-state index in [4.69, 9.17) is 9.26 Å². The second-order valence-electron chi connectivity index (χ2n) is 7.13. The van der Waals surface area contributed by atoms with Gasteiger partial charge in [-0.3, -0.25) is 0 Å². The van der Waals surface area contributed by atoms with Crippen LogP contribution in [0.2, 0.25) is 0 Å². The zero-order valence-electron chi connectivity index (χ0n) is 16.2. The molecule has 2 aromatic rings. The minimum absolute atomic E-state index is 0.0365. The number of hydrogen-bond donors (Lipinski definition) is 0. The summed E-state index contributed by atoms with van der Waals surface area (Å²) >= 11 is 0. The lowest BCUT2D eigenvalue weighted by molar-refractivity contribution is -0.136. The molecular formula is C21H25F3N2O2. The second kappa shape index (κ2) is 8.71. The van der Waals surface area contributed by atoms with Gasteiger partial charge in [-0.05, 0) is 50.8 Å². The average molecular weight is 394 g/mol. The topological polar surface area (TPSA) is 38.5 Å². The fraction of sp³-hybridized carbons (Fsp3) is 0.476. The minimum atomic E-state index is -4.13. The molecule has 3 rings (SSSR count). The van der Waals surface area contributed by atoms with Gasteiger partial charge in [0, 0.05) is 25.1 Å². The lowest BCUT2D eigenvalue weighted by Gasteiger charge is -2.28. The summed E-state index contributed by atoms with van der Waals surface area (Å²) < 4.78 is 47.5. The van der Waals surface area contributed by atoms with E-state index in [2.05, 4.69) is 16.1 Å². The van der Waals surface area contributed by atoms with Crippen molar-refractivity contribution < 1.29 is 22.4 Å². The highest BCUT2D eigenvalue weighted by atomic mass is 19.4. The van der Waals surface area contributed by atoms with Crippen molar-refractivity contribution in [1.29, 1.82) is 0 Å². The molecule has 0 bridgehead atoms. The molecule has 28 heavy (non-hydrogen) atoms. The first-order valence-corrected chi connectivity index (χ1v) is 9.49. The molecule has 4 nitrogen and oxygen atoms in total. The van der Waals surface area contributed by atoms with Gasteiger partial charge in [-0.25, -0.2) is 0 Å². The third-order valence-corrected chi connectivity index (χ3v) is 4.93. The van der Waals surface area contributed by atoms with Crippen LogP contribution in [0.25, 0.3) is 6.08 Å². The molecule has 1 aliphatic heterocycles. The van der Waals surface area contributed by atoms with Gasteiger partial charge >= 0.3 is 6.18 Å². The molecule has 152 valence electrons. The number of alkyl halides is 3. The SMILES string of the molecule is Cc1noc(N2CCC(=Cc3cccc(OCCCC(F)(F)F)c3)CC2)c1C. The Balaban J connectivity index is 1.54. The summed E-state index contributed by atoms with van der Waals surface area (Å²) in [5.74, 6) is 1.45. The van der Waals surface area contributed by atoms with Gasteiger partial charge in [0.25, 0.3) is 0 Å². The lowest BCUT2D eigenvalue weighted by Crippen LogP contribution is -2.30. The van der Waals surface area contributed by atoms with Crippen LogP contribution >= 0.6 is 0 Å². The molecule has 0 N–H and O–H groups in total. The van der Waals surface area contributed by atoms with Gasteiger partial charge in [0.05, 0.1) is 12.3 Å². The van der Waals surface area contributed by atoms with Crippen molar-refractivity contribution in [3.63, 3.8) is 0 Å². The van der Waals surface area contributed by atoms with Crippen LogP contribution in [0.4, 0.5) is 19.1 Å². The fourth-order valence-electron chi connectivity index (χ4n) is 3.23. The Morgan fingerprint density at radius 2 is 1.96 bits per heavy atom. The van der Waals surface area contributed by atoms with Crippen LogP contribution < -0.4 is 9.64 Å². The van der Waals surface area contributed by atoms with Gasteiger partial charge in [-0.1, -0.05) is 28.9 Å². The smallest absolute Gasteiger partial charge is 0.389 e. The Kier molecular flexibility index (Phi) is 6.31. The van der Waals surface area contributed by atoms with Crippen molar-refractivity contribution in [3.8, 4) is 5.75 Å². The number of aryl methyl sites for hydroxylation is 1. The number of ether oxygens (including phenoxy) is 1. The third-order valence-electron chi connectivity index (χ3n) is 4.93. The first-order valence-electron chi connectivity index (χ1n) is 9.49. The summed E-state index contributed by atoms with van der Waals surface area (Å²) in [6, 6.07) is 7.48. The molecule has 0 amide bonds. The van der Waals surface area contributed by atoms with Crippen LogP contribution in [0.3, 0.4) is 0 Å². The monoisotopic (exact) mass is 394 g/mol. The Morgan fingerprint density at radius 3 is 2.61 bits per heavy atom. The Bertz CT molecular complexity index is 817. The number of halogens is 3. The van der Waals surface area contributed by atoms with Crippen LogP contribution in [-0.4, -0.2) is 31.0 Å². The summed E-state index contributed by atoms with van der Waals surface area (Å²) in [4.78, 5) is 2.22. The van der Waals surface area contributed by atoms with Crippen molar-refractivity contribution in [2.45, 2.75) is 45.7 Å². The molecule has 1 aromatic carbocycles. The van der Waals surface area contributed by atoms with E-state index in [1.54, 1.807) is 6.07 Å². The van der Waals surface area contributed by atoms with E-state index < -0.39 is 12.6 Å². The minimum Gasteiger partial charge on any atom is -0.494 e. The number of piperidine rings is 1. The molecule has 1 saturated heterocycles. The van der Waals surface area contributed by atoms with E-state index in [1.165, 1.54) is 5.57 Å². The predicted molar refractivity (Wildman–Crippen MR) is 103 cm³/mol. The molecule has 0 atom stereocenters. The predicted octanol–water partition coefficient (Wildman–Crippen LogP) is 5.70. The molecule has 2 heterocycles. The summed E-state index contributed by atoms with van der Waals surface area (Å²) in [7, 11) is 0. The van der Waals surface area contributed by atoms with Crippen molar-refractivity contribution in [2.24, 2.45) is 0 Å². The summed E-state index contributed by atoms with van der Waals surface area (Å²) in [6.07, 6.45) is -1.000. The van der Waals surface area contributed by atoms with Crippen LogP contribution in [0.15, 0.2) is 34.4 Å². The first kappa shape index (κ1) is 20.3. The highest BCUT2D eigenvalue weighted by molar-refractivity contribution is 5.56. The highest BCUT2D eigenvalue weighted by Gasteiger charge is 2.26. The molecule has 0 spiro atoms. The molecule has 1 fully saturated rings. The van der Waals surface area contributed by atoms with Gasteiger partial charge in [0.2, 0.25) is 5.88 Å². The second-order valence-corrected chi connectivity index (χ2v) is 7.13. The number of hydrogen-bond acceptors (Lipinski definition) is 4. The van der Waals surface area contributed by atoms with Crippen LogP contribution in [0.5, 0.6) is 5.75 Å². The van der Waals surface area contributed by atoms with E-state index in [9.17, 15) is 13.2 Å². The summed E-state index contributed by atoms with van der Waals surface area (Å²) in [6.45, 7) is 5.76. The van der Waals surface area contributed by atoms with E-state index in [0.29, 0.717) is 5.75 Å². The first-order chi connectivity index (χ1) is 13.3. The third kappa shape index (κ3) is 5.53. The number of benzene rings is 1. The maximum absolute atomic E-state index is 12.2. The van der Waals surface area contributed by atoms with Gasteiger partial charge in [0.15, 0.2) is 0 Å². The molecular weight excluding hydrogens is 369 g/mol. The van der Waals surface area contributed by atoms with Gasteiger partial charge in [0.1, 0.15) is 5.75 Å². The van der Waals surface area contributed by atoms with Crippen LogP contribution in [0.1, 0.15) is 42.5 Å². The van der Waals surface area contributed by atoms with Gasteiger partial charge in [-0.15, -0.1) is 0 Å². The zero-order chi connectivity index (χ0) is 20.1. The Hall–Kier alpha value is -2.44. The van der Waals surface area contributed by atoms with E-state index in [0.717, 1.165) is 48.6 Å². The zero-order valence-corrected chi connectivity index (χ0v) is 16.2. The number of rotatable bonds is 6. The number of nitrogens with zero attached hydrogens (tertiary/aromatic N) is 2. The van der Waals surface area contributed by atoms with E-state index in [-0.39, 0.29) is 13.0 Å². The van der Waals surface area contributed by atoms with Crippen LogP contribution in [-0.2, 0) is 0 Å². The molecule has 0 unspecified atom stereocenters. The molecule has 7 heteroatoms. The molecule has 1 aromatic heterocycles. The van der Waals surface area contributed by atoms with Crippen molar-refractivity contribution in [2.75, 3.05) is 24.6 Å². The highest BCUT2D eigenvalue weighted by Crippen LogP contribution is 2.28.